The van der Waals surface area contributed by atoms with Crippen molar-refractivity contribution in [2.24, 2.45) is 11.7 Å². The number of para-hydroxylation sites is 1. The van der Waals surface area contributed by atoms with E-state index in [1.165, 1.54) is 5.69 Å². The minimum atomic E-state index is -0.359. The van der Waals surface area contributed by atoms with Crippen LogP contribution in [0.2, 0.25) is 0 Å². The molecule has 124 valence electrons. The van der Waals surface area contributed by atoms with Gasteiger partial charge in [0.05, 0.1) is 11.9 Å². The largest absolute Gasteiger partial charge is 0.382 e. The van der Waals surface area contributed by atoms with Crippen LogP contribution in [0.15, 0.2) is 41.9 Å². The van der Waals surface area contributed by atoms with Crippen LogP contribution in [0.5, 0.6) is 0 Å². The number of benzene rings is 1. The Morgan fingerprint density at radius 3 is 2.65 bits per heavy atom. The van der Waals surface area contributed by atoms with Gasteiger partial charge >= 0.3 is 0 Å². The summed E-state index contributed by atoms with van der Waals surface area (Å²) >= 11 is 1.64. The topological polar surface area (TPSA) is 58.4 Å². The number of anilines is 1. The molecule has 3 N–H and O–H groups in total. The summed E-state index contributed by atoms with van der Waals surface area (Å²) in [6.45, 7) is 0. The van der Waals surface area contributed by atoms with Gasteiger partial charge in [-0.1, -0.05) is 18.2 Å². The highest BCUT2D eigenvalue weighted by Gasteiger charge is 2.27. The number of rotatable bonds is 5. The van der Waals surface area contributed by atoms with E-state index in [0.29, 0.717) is 17.8 Å². The zero-order valence-electron chi connectivity index (χ0n) is 13.4. The highest BCUT2D eigenvalue weighted by molar-refractivity contribution is 8.02. The maximum atomic E-state index is 12.2. The summed E-state index contributed by atoms with van der Waals surface area (Å²) in [5, 5.41) is 5.55. The molecule has 0 bridgehead atoms. The van der Waals surface area contributed by atoms with Gasteiger partial charge in [-0.15, -0.1) is 11.8 Å². The van der Waals surface area contributed by atoms with Crippen LogP contribution in [0.3, 0.4) is 0 Å². The van der Waals surface area contributed by atoms with Crippen molar-refractivity contribution < 1.29 is 4.79 Å². The zero-order valence-corrected chi connectivity index (χ0v) is 14.2. The SMILES string of the molecule is NC(CC1CCC(Nc2ccccc2)CC1)C(=O)N1C=CSC1. The van der Waals surface area contributed by atoms with E-state index in [1.54, 1.807) is 16.7 Å². The van der Waals surface area contributed by atoms with Gasteiger partial charge in [-0.2, -0.15) is 0 Å². The van der Waals surface area contributed by atoms with Gasteiger partial charge < -0.3 is 16.0 Å². The smallest absolute Gasteiger partial charge is 0.244 e. The first-order valence-corrected chi connectivity index (χ1v) is 9.43. The molecule has 23 heavy (non-hydrogen) atoms. The summed E-state index contributed by atoms with van der Waals surface area (Å²) in [5.41, 5.74) is 7.33. The number of nitrogens with one attached hydrogen (secondary N) is 1. The number of nitrogens with two attached hydrogens (primary N) is 1. The maximum Gasteiger partial charge on any atom is 0.244 e. The predicted molar refractivity (Wildman–Crippen MR) is 96.8 cm³/mol. The van der Waals surface area contributed by atoms with Gasteiger partial charge in [0.2, 0.25) is 5.91 Å². The first-order chi connectivity index (χ1) is 11.2. The molecule has 2 aliphatic rings. The third-order valence-electron chi connectivity index (χ3n) is 4.73. The molecule has 1 amide bonds. The van der Waals surface area contributed by atoms with Crippen molar-refractivity contribution in [1.82, 2.24) is 4.90 Å². The van der Waals surface area contributed by atoms with E-state index in [2.05, 4.69) is 29.6 Å². The zero-order chi connectivity index (χ0) is 16.1. The van der Waals surface area contributed by atoms with Gasteiger partial charge in [0.1, 0.15) is 0 Å². The van der Waals surface area contributed by atoms with E-state index in [9.17, 15) is 4.79 Å². The molecule has 1 aliphatic carbocycles. The van der Waals surface area contributed by atoms with Crippen molar-refractivity contribution in [3.05, 3.63) is 41.9 Å². The number of amides is 1. The van der Waals surface area contributed by atoms with Crippen molar-refractivity contribution >= 4 is 23.4 Å². The number of carbonyl (C=O) groups excluding carboxylic acids is 1. The molecule has 1 aromatic carbocycles. The van der Waals surface area contributed by atoms with Gasteiger partial charge in [-0.3, -0.25) is 4.79 Å². The Kier molecular flexibility index (Phi) is 5.62. The Bertz CT molecular complexity index is 540. The lowest BCUT2D eigenvalue weighted by molar-refractivity contribution is -0.129. The lowest BCUT2D eigenvalue weighted by atomic mass is 9.82. The molecule has 3 rings (SSSR count). The summed E-state index contributed by atoms with van der Waals surface area (Å²) in [6.07, 6.45) is 7.26. The quantitative estimate of drug-likeness (QED) is 0.868. The van der Waals surface area contributed by atoms with Crippen molar-refractivity contribution in [3.63, 3.8) is 0 Å². The third kappa shape index (κ3) is 4.52. The van der Waals surface area contributed by atoms with Gasteiger partial charge in [-0.05, 0) is 55.6 Å². The van der Waals surface area contributed by atoms with Crippen LogP contribution in [0.1, 0.15) is 32.1 Å². The molecular weight excluding hydrogens is 306 g/mol. The Morgan fingerprint density at radius 1 is 1.26 bits per heavy atom. The molecule has 4 nitrogen and oxygen atoms in total. The number of carbonyl (C=O) groups is 1. The van der Waals surface area contributed by atoms with Crippen molar-refractivity contribution in [2.75, 3.05) is 11.2 Å². The van der Waals surface area contributed by atoms with Crippen molar-refractivity contribution in [3.8, 4) is 0 Å². The summed E-state index contributed by atoms with van der Waals surface area (Å²) in [5.74, 6) is 1.35. The van der Waals surface area contributed by atoms with E-state index in [1.807, 2.05) is 17.7 Å². The normalized spacial score (nSPS) is 25.3. The lowest BCUT2D eigenvalue weighted by Gasteiger charge is -2.31. The summed E-state index contributed by atoms with van der Waals surface area (Å²) in [4.78, 5) is 14.0. The Labute approximate surface area is 142 Å². The fraction of sp³-hybridized carbons (Fsp3) is 0.500. The molecule has 1 aromatic rings. The second kappa shape index (κ2) is 7.88. The first kappa shape index (κ1) is 16.4. The van der Waals surface area contributed by atoms with Gasteiger partial charge in [0.15, 0.2) is 0 Å². The van der Waals surface area contributed by atoms with E-state index >= 15 is 0 Å². The van der Waals surface area contributed by atoms with Crippen LogP contribution >= 0.6 is 11.8 Å². The first-order valence-electron chi connectivity index (χ1n) is 8.38. The van der Waals surface area contributed by atoms with Crippen molar-refractivity contribution in [1.29, 1.82) is 0 Å². The van der Waals surface area contributed by atoms with Crippen LogP contribution in [0.25, 0.3) is 0 Å². The van der Waals surface area contributed by atoms with E-state index < -0.39 is 0 Å². The number of hydrogen-bond donors (Lipinski definition) is 2. The minimum Gasteiger partial charge on any atom is -0.382 e. The third-order valence-corrected chi connectivity index (χ3v) is 5.47. The molecule has 0 saturated heterocycles. The average Bonchev–Trinajstić information content (AvgIpc) is 3.11. The molecule has 5 heteroatoms. The number of hydrogen-bond acceptors (Lipinski definition) is 4. The molecule has 0 aromatic heterocycles. The van der Waals surface area contributed by atoms with Crippen LogP contribution in [-0.2, 0) is 4.79 Å². The molecule has 0 spiro atoms. The molecule has 0 radical (unpaired) electrons. The summed E-state index contributed by atoms with van der Waals surface area (Å²) in [7, 11) is 0. The Hall–Kier alpha value is -1.46. The number of nitrogens with zero attached hydrogens (tertiary/aromatic N) is 1. The van der Waals surface area contributed by atoms with Crippen LogP contribution in [0, 0.1) is 5.92 Å². The lowest BCUT2D eigenvalue weighted by Crippen LogP contribution is -2.42. The standard InChI is InChI=1S/C18H25N3OS/c19-17(18(22)21-10-11-23-13-21)12-14-6-8-16(9-7-14)20-15-4-2-1-3-5-15/h1-5,10-11,14,16-17,20H,6-9,12-13,19H2. The summed E-state index contributed by atoms with van der Waals surface area (Å²) < 4.78 is 0. The molecule has 1 fully saturated rings. The highest BCUT2D eigenvalue weighted by Crippen LogP contribution is 2.30. The van der Waals surface area contributed by atoms with E-state index in [4.69, 9.17) is 5.73 Å². The minimum absolute atomic E-state index is 0.0655. The van der Waals surface area contributed by atoms with Gasteiger partial charge in [0.25, 0.3) is 0 Å². The number of thioether (sulfide) groups is 1. The molecule has 1 heterocycles. The maximum absolute atomic E-state index is 12.2. The van der Waals surface area contributed by atoms with Crippen LogP contribution in [0.4, 0.5) is 5.69 Å². The molecule has 1 saturated carbocycles. The predicted octanol–water partition coefficient (Wildman–Crippen LogP) is 3.38. The second-order valence-corrected chi connectivity index (χ2v) is 7.32. The van der Waals surface area contributed by atoms with Crippen molar-refractivity contribution in [2.45, 2.75) is 44.2 Å². The molecule has 1 unspecified atom stereocenters. The summed E-state index contributed by atoms with van der Waals surface area (Å²) in [6, 6.07) is 10.6. The Balaban J connectivity index is 1.42. The molecular formula is C18H25N3OS. The van der Waals surface area contributed by atoms with E-state index in [-0.39, 0.29) is 11.9 Å². The Morgan fingerprint density at radius 2 is 2.00 bits per heavy atom. The monoisotopic (exact) mass is 331 g/mol. The fourth-order valence-electron chi connectivity index (χ4n) is 3.41. The van der Waals surface area contributed by atoms with Gasteiger partial charge in [-0.25, -0.2) is 0 Å². The highest BCUT2D eigenvalue weighted by atomic mass is 32.2. The molecule has 1 atom stereocenters. The van der Waals surface area contributed by atoms with Gasteiger partial charge in [0, 0.05) is 17.9 Å². The van der Waals surface area contributed by atoms with Crippen LogP contribution in [-0.4, -0.2) is 28.8 Å². The average molecular weight is 331 g/mol. The molecule has 1 aliphatic heterocycles. The van der Waals surface area contributed by atoms with E-state index in [0.717, 1.165) is 32.1 Å². The fourth-order valence-corrected chi connectivity index (χ4v) is 4.10. The second-order valence-electron chi connectivity index (χ2n) is 6.46. The van der Waals surface area contributed by atoms with Crippen LogP contribution < -0.4 is 11.1 Å².